The molecule has 0 bridgehead atoms. The number of hydrogen-bond donors (Lipinski definition) is 0. The Labute approximate surface area is 96.1 Å². The zero-order valence-electron chi connectivity index (χ0n) is 9.66. The molecule has 0 aromatic heterocycles. The van der Waals surface area contributed by atoms with Gasteiger partial charge in [0.05, 0.1) is 5.04 Å². The van der Waals surface area contributed by atoms with E-state index in [0.717, 1.165) is 30.1 Å². The topological polar surface area (TPSA) is 41.8 Å². The molecule has 3 nitrogen and oxygen atoms in total. The molecule has 0 aromatic rings. The third-order valence-corrected chi connectivity index (χ3v) is 3.87. The molecule has 0 amide bonds. The average molecular weight is 228 g/mol. The number of nitrogens with zero attached hydrogens (tertiary/aromatic N) is 2. The summed E-state index contributed by atoms with van der Waals surface area (Å²) in [5.41, 5.74) is -0.632. The maximum absolute atomic E-state index is 10.8. The van der Waals surface area contributed by atoms with Gasteiger partial charge in [0, 0.05) is 12.2 Å². The normalized spacial score (nSPS) is 26.1. The Morgan fingerprint density at radius 3 is 2.87 bits per heavy atom. The van der Waals surface area contributed by atoms with Crippen LogP contribution in [0.2, 0.25) is 0 Å². The monoisotopic (exact) mass is 228 g/mol. The van der Waals surface area contributed by atoms with Gasteiger partial charge in [0.1, 0.15) is 0 Å². The SMILES string of the molecule is CCCCCC1=NC(CC)(N=O)CCS1. The second-order valence-corrected chi connectivity index (χ2v) is 5.16. The minimum absolute atomic E-state index is 0.632. The smallest absolute Gasteiger partial charge is 0.192 e. The average Bonchev–Trinajstić information content (AvgIpc) is 2.30. The minimum Gasteiger partial charge on any atom is -0.249 e. The van der Waals surface area contributed by atoms with Crippen LogP contribution in [0.15, 0.2) is 10.2 Å². The van der Waals surface area contributed by atoms with Gasteiger partial charge in [0.2, 0.25) is 0 Å². The van der Waals surface area contributed by atoms with Crippen molar-refractivity contribution in [1.82, 2.24) is 0 Å². The molecule has 1 heterocycles. The molecule has 1 atom stereocenters. The summed E-state index contributed by atoms with van der Waals surface area (Å²) in [5.74, 6) is 0.991. The van der Waals surface area contributed by atoms with Crippen LogP contribution in [0.25, 0.3) is 0 Å². The van der Waals surface area contributed by atoms with Crippen LogP contribution >= 0.6 is 11.8 Å². The van der Waals surface area contributed by atoms with Crippen molar-refractivity contribution in [3.63, 3.8) is 0 Å². The van der Waals surface area contributed by atoms with Crippen molar-refractivity contribution < 1.29 is 0 Å². The summed E-state index contributed by atoms with van der Waals surface area (Å²) in [5, 5.41) is 4.36. The molecule has 0 fully saturated rings. The van der Waals surface area contributed by atoms with Gasteiger partial charge in [-0.1, -0.05) is 26.7 Å². The molecule has 0 saturated carbocycles. The van der Waals surface area contributed by atoms with Crippen molar-refractivity contribution >= 4 is 16.8 Å². The van der Waals surface area contributed by atoms with E-state index in [-0.39, 0.29) is 0 Å². The summed E-state index contributed by atoms with van der Waals surface area (Å²) >= 11 is 1.80. The molecule has 4 heteroatoms. The van der Waals surface area contributed by atoms with Gasteiger partial charge in [-0.25, -0.2) is 4.99 Å². The standard InChI is InChI=1S/C11H20N2OS/c1-3-5-6-7-10-12-11(4-2,13-14)8-9-15-10/h3-9H2,1-2H3. The molecule has 15 heavy (non-hydrogen) atoms. The minimum atomic E-state index is -0.632. The first-order valence-electron chi connectivity index (χ1n) is 5.82. The lowest BCUT2D eigenvalue weighted by Gasteiger charge is -2.26. The fraction of sp³-hybridized carbons (Fsp3) is 0.909. The van der Waals surface area contributed by atoms with Crippen LogP contribution in [0.4, 0.5) is 0 Å². The van der Waals surface area contributed by atoms with Gasteiger partial charge in [-0.2, -0.15) is 0 Å². The predicted octanol–water partition coefficient (Wildman–Crippen LogP) is 3.97. The summed E-state index contributed by atoms with van der Waals surface area (Å²) < 4.78 is 0. The van der Waals surface area contributed by atoms with Gasteiger partial charge in [-0.05, 0) is 24.4 Å². The van der Waals surface area contributed by atoms with Crippen LogP contribution in [0.1, 0.15) is 52.4 Å². The molecule has 1 unspecified atom stereocenters. The molecule has 0 aliphatic carbocycles. The van der Waals surface area contributed by atoms with E-state index in [1.54, 1.807) is 11.8 Å². The van der Waals surface area contributed by atoms with Gasteiger partial charge < -0.3 is 0 Å². The molecule has 86 valence electrons. The van der Waals surface area contributed by atoms with E-state index in [1.807, 2.05) is 6.92 Å². The van der Waals surface area contributed by atoms with Crippen molar-refractivity contribution in [1.29, 1.82) is 0 Å². The van der Waals surface area contributed by atoms with Gasteiger partial charge in [-0.3, -0.25) is 0 Å². The Hall–Kier alpha value is -0.380. The van der Waals surface area contributed by atoms with Crippen LogP contribution in [-0.2, 0) is 0 Å². The van der Waals surface area contributed by atoms with Crippen LogP contribution < -0.4 is 0 Å². The van der Waals surface area contributed by atoms with Crippen molar-refractivity contribution in [2.24, 2.45) is 10.2 Å². The number of hydrogen-bond acceptors (Lipinski definition) is 4. The van der Waals surface area contributed by atoms with E-state index < -0.39 is 5.66 Å². The van der Waals surface area contributed by atoms with E-state index in [0.29, 0.717) is 0 Å². The van der Waals surface area contributed by atoms with Gasteiger partial charge in [-0.15, -0.1) is 16.7 Å². The largest absolute Gasteiger partial charge is 0.249 e. The first kappa shape index (κ1) is 12.7. The summed E-state index contributed by atoms with van der Waals surface area (Å²) in [6.07, 6.45) is 6.20. The summed E-state index contributed by atoms with van der Waals surface area (Å²) in [6.45, 7) is 4.18. The fourth-order valence-corrected chi connectivity index (χ4v) is 2.88. The molecule has 1 aliphatic heterocycles. The van der Waals surface area contributed by atoms with Crippen molar-refractivity contribution in [2.45, 2.75) is 58.0 Å². The molecule has 1 rings (SSSR count). The van der Waals surface area contributed by atoms with Crippen LogP contribution in [0, 0.1) is 4.91 Å². The Morgan fingerprint density at radius 2 is 2.27 bits per heavy atom. The number of nitroso groups, excluding NO2 is 1. The van der Waals surface area contributed by atoms with E-state index >= 15 is 0 Å². The first-order chi connectivity index (χ1) is 7.26. The van der Waals surface area contributed by atoms with E-state index in [1.165, 1.54) is 19.3 Å². The highest BCUT2D eigenvalue weighted by Crippen LogP contribution is 2.32. The summed E-state index contributed by atoms with van der Waals surface area (Å²) in [7, 11) is 0. The van der Waals surface area contributed by atoms with Crippen LogP contribution in [0.3, 0.4) is 0 Å². The van der Waals surface area contributed by atoms with Crippen LogP contribution in [0.5, 0.6) is 0 Å². The second kappa shape index (κ2) is 6.26. The summed E-state index contributed by atoms with van der Waals surface area (Å²) in [4.78, 5) is 15.3. The Bertz CT molecular complexity index is 243. The van der Waals surface area contributed by atoms with E-state index in [4.69, 9.17) is 0 Å². The zero-order valence-corrected chi connectivity index (χ0v) is 10.5. The van der Waals surface area contributed by atoms with Gasteiger partial charge in [0.15, 0.2) is 5.66 Å². The number of aliphatic imine (C=N–C) groups is 1. The van der Waals surface area contributed by atoms with Crippen molar-refractivity contribution in [2.75, 3.05) is 5.75 Å². The second-order valence-electron chi connectivity index (χ2n) is 3.99. The first-order valence-corrected chi connectivity index (χ1v) is 6.81. The Morgan fingerprint density at radius 1 is 1.47 bits per heavy atom. The molecule has 0 N–H and O–H groups in total. The molecular weight excluding hydrogens is 208 g/mol. The Kier molecular flexibility index (Phi) is 5.29. The maximum atomic E-state index is 10.8. The van der Waals surface area contributed by atoms with Crippen molar-refractivity contribution in [3.8, 4) is 0 Å². The van der Waals surface area contributed by atoms with Crippen LogP contribution in [-0.4, -0.2) is 16.5 Å². The third-order valence-electron chi connectivity index (χ3n) is 2.83. The molecule has 0 radical (unpaired) electrons. The highest BCUT2D eigenvalue weighted by atomic mass is 32.2. The molecule has 0 spiro atoms. The quantitative estimate of drug-likeness (QED) is 0.510. The lowest BCUT2D eigenvalue weighted by atomic mass is 10.1. The molecule has 1 aliphatic rings. The van der Waals surface area contributed by atoms with Gasteiger partial charge in [0.25, 0.3) is 0 Å². The lowest BCUT2D eigenvalue weighted by molar-refractivity contribution is 0.416. The predicted molar refractivity (Wildman–Crippen MR) is 67.5 cm³/mol. The number of thioether (sulfide) groups is 1. The highest BCUT2D eigenvalue weighted by Gasteiger charge is 2.32. The number of unbranched alkanes of at least 4 members (excludes halogenated alkanes) is 2. The molecular formula is C11H20N2OS. The highest BCUT2D eigenvalue weighted by molar-refractivity contribution is 8.14. The van der Waals surface area contributed by atoms with E-state index in [9.17, 15) is 4.91 Å². The summed E-state index contributed by atoms with van der Waals surface area (Å²) in [6, 6.07) is 0. The fourth-order valence-electron chi connectivity index (χ4n) is 1.69. The molecule has 0 aromatic carbocycles. The lowest BCUT2D eigenvalue weighted by Crippen LogP contribution is -2.28. The Balaban J connectivity index is 2.56. The van der Waals surface area contributed by atoms with E-state index in [2.05, 4.69) is 17.1 Å². The zero-order chi connectivity index (χ0) is 11.1. The molecule has 0 saturated heterocycles. The van der Waals surface area contributed by atoms with Crippen molar-refractivity contribution in [3.05, 3.63) is 4.91 Å². The van der Waals surface area contributed by atoms with Gasteiger partial charge >= 0.3 is 0 Å². The third kappa shape index (κ3) is 3.59. The number of rotatable bonds is 6. The maximum Gasteiger partial charge on any atom is 0.192 e.